The molecule has 4 aliphatic rings. The fourth-order valence-corrected chi connectivity index (χ4v) is 6.81. The molecule has 0 aromatic heterocycles. The summed E-state index contributed by atoms with van der Waals surface area (Å²) in [5, 5.41) is 0. The van der Waals surface area contributed by atoms with Crippen molar-refractivity contribution in [1.29, 1.82) is 0 Å². The van der Waals surface area contributed by atoms with E-state index in [0.29, 0.717) is 17.1 Å². The van der Waals surface area contributed by atoms with E-state index in [1.165, 1.54) is 44.9 Å². The Balaban J connectivity index is 1.69. The van der Waals surface area contributed by atoms with Crippen LogP contribution in [0.15, 0.2) is 23.3 Å². The lowest BCUT2D eigenvalue weighted by atomic mass is 9.47. The number of Topliss-reactive ketones (excluding diaryl/α,β-unsaturated/α-hetero) is 1. The van der Waals surface area contributed by atoms with Gasteiger partial charge >= 0.3 is 0 Å². The molecule has 2 saturated carbocycles. The Morgan fingerprint density at radius 1 is 1.05 bits per heavy atom. The summed E-state index contributed by atoms with van der Waals surface area (Å²) >= 11 is 0. The van der Waals surface area contributed by atoms with Gasteiger partial charge in [0.15, 0.2) is 5.78 Å². The van der Waals surface area contributed by atoms with E-state index in [4.69, 9.17) is 0 Å². The van der Waals surface area contributed by atoms with Gasteiger partial charge in [0, 0.05) is 0 Å². The van der Waals surface area contributed by atoms with Crippen LogP contribution in [0.3, 0.4) is 0 Å². The van der Waals surface area contributed by atoms with E-state index in [9.17, 15) is 4.79 Å². The molecule has 5 atom stereocenters. The van der Waals surface area contributed by atoms with Gasteiger partial charge in [-0.15, -0.1) is 0 Å². The molecular formula is C21H30O. The van der Waals surface area contributed by atoms with Gasteiger partial charge in [0.05, 0.1) is 0 Å². The number of carbonyl (C=O) groups is 1. The van der Waals surface area contributed by atoms with Gasteiger partial charge in [-0.3, -0.25) is 4.79 Å². The number of carbonyl (C=O) groups excluding carboxylic acids is 1. The molecule has 0 bridgehead atoms. The maximum atomic E-state index is 12.1. The standard InChI is InChI=1S/C21H30O/c1-14(22)17-9-10-18-16-8-7-15-6-4-5-12-20(15,2)19(16)11-13-21(17,18)3/h7,9,16,18-19H,4-6,8,10-13H2,1-3H3/t16?,18-,19?,20-,21+/m0/s1. The summed E-state index contributed by atoms with van der Waals surface area (Å²) in [6.07, 6.45) is 15.4. The molecular weight excluding hydrogens is 268 g/mol. The van der Waals surface area contributed by atoms with E-state index in [-0.39, 0.29) is 5.41 Å². The molecule has 0 aromatic carbocycles. The maximum Gasteiger partial charge on any atom is 0.156 e. The van der Waals surface area contributed by atoms with Crippen LogP contribution >= 0.6 is 0 Å². The first-order valence-electron chi connectivity index (χ1n) is 9.38. The number of fused-ring (bicyclic) bond motifs is 5. The fraction of sp³-hybridized carbons (Fsp3) is 0.762. The third-order valence-electron chi connectivity index (χ3n) is 7.98. The van der Waals surface area contributed by atoms with Crippen LogP contribution in [0.1, 0.15) is 72.1 Å². The zero-order valence-corrected chi connectivity index (χ0v) is 14.5. The second kappa shape index (κ2) is 4.82. The number of rotatable bonds is 1. The summed E-state index contributed by atoms with van der Waals surface area (Å²) in [7, 11) is 0. The minimum absolute atomic E-state index is 0.170. The molecule has 0 spiro atoms. The van der Waals surface area contributed by atoms with Crippen LogP contribution < -0.4 is 0 Å². The average molecular weight is 298 g/mol. The first-order chi connectivity index (χ1) is 10.5. The Morgan fingerprint density at radius 2 is 1.86 bits per heavy atom. The Hall–Kier alpha value is -0.850. The van der Waals surface area contributed by atoms with E-state index in [1.54, 1.807) is 12.5 Å². The SMILES string of the molecule is CC(=O)C1=CC[C@H]2C3CC=C4CCCC[C@]4(C)C3CC[C@]12C. The van der Waals surface area contributed by atoms with Gasteiger partial charge in [-0.2, -0.15) is 0 Å². The summed E-state index contributed by atoms with van der Waals surface area (Å²) < 4.78 is 0. The summed E-state index contributed by atoms with van der Waals surface area (Å²) in [5.74, 6) is 2.70. The van der Waals surface area contributed by atoms with Crippen molar-refractivity contribution >= 4 is 5.78 Å². The largest absolute Gasteiger partial charge is 0.295 e. The molecule has 2 unspecified atom stereocenters. The fourth-order valence-electron chi connectivity index (χ4n) is 6.81. The van der Waals surface area contributed by atoms with Gasteiger partial charge in [-0.05, 0) is 86.0 Å². The van der Waals surface area contributed by atoms with Gasteiger partial charge < -0.3 is 0 Å². The molecule has 1 nitrogen and oxygen atoms in total. The highest BCUT2D eigenvalue weighted by molar-refractivity contribution is 5.95. The number of hydrogen-bond donors (Lipinski definition) is 0. The molecule has 0 radical (unpaired) electrons. The van der Waals surface area contributed by atoms with Gasteiger partial charge in [-0.25, -0.2) is 0 Å². The lowest BCUT2D eigenvalue weighted by Crippen LogP contribution is -2.49. The molecule has 2 fully saturated rings. The van der Waals surface area contributed by atoms with Gasteiger partial charge in [0.2, 0.25) is 0 Å². The van der Waals surface area contributed by atoms with Crippen LogP contribution in [0.4, 0.5) is 0 Å². The quantitative estimate of drug-likeness (QED) is 0.587. The van der Waals surface area contributed by atoms with Crippen molar-refractivity contribution in [3.8, 4) is 0 Å². The second-order valence-corrected chi connectivity index (χ2v) is 8.83. The predicted octanol–water partition coefficient (Wildman–Crippen LogP) is 5.46. The van der Waals surface area contributed by atoms with E-state index < -0.39 is 0 Å². The Labute approximate surface area is 135 Å². The Bertz CT molecular complexity index is 568. The monoisotopic (exact) mass is 298 g/mol. The van der Waals surface area contributed by atoms with E-state index in [1.807, 2.05) is 0 Å². The number of hydrogen-bond acceptors (Lipinski definition) is 1. The molecule has 0 N–H and O–H groups in total. The number of ketones is 1. The van der Waals surface area contributed by atoms with Gasteiger partial charge in [0.1, 0.15) is 0 Å². The molecule has 0 aliphatic heterocycles. The Morgan fingerprint density at radius 3 is 2.64 bits per heavy atom. The average Bonchev–Trinajstić information content (AvgIpc) is 2.84. The number of allylic oxidation sites excluding steroid dienone is 4. The molecule has 120 valence electrons. The van der Waals surface area contributed by atoms with E-state index in [0.717, 1.165) is 23.8 Å². The van der Waals surface area contributed by atoms with Crippen molar-refractivity contribution < 1.29 is 4.79 Å². The topological polar surface area (TPSA) is 17.1 Å². The highest BCUT2D eigenvalue weighted by Crippen LogP contribution is 2.64. The minimum Gasteiger partial charge on any atom is -0.295 e. The molecule has 0 saturated heterocycles. The molecule has 0 aromatic rings. The van der Waals surface area contributed by atoms with Crippen LogP contribution in [0.5, 0.6) is 0 Å². The molecule has 4 rings (SSSR count). The van der Waals surface area contributed by atoms with Gasteiger partial charge in [-0.1, -0.05) is 38.0 Å². The minimum atomic E-state index is 0.170. The summed E-state index contributed by atoms with van der Waals surface area (Å²) in [6.45, 7) is 6.72. The molecule has 0 amide bonds. The van der Waals surface area contributed by atoms with Crippen molar-refractivity contribution in [2.24, 2.45) is 28.6 Å². The summed E-state index contributed by atoms with van der Waals surface area (Å²) in [6, 6.07) is 0. The highest BCUT2D eigenvalue weighted by Gasteiger charge is 2.56. The highest BCUT2D eigenvalue weighted by atomic mass is 16.1. The van der Waals surface area contributed by atoms with Crippen LogP contribution in [0.2, 0.25) is 0 Å². The third-order valence-corrected chi connectivity index (χ3v) is 7.98. The smallest absolute Gasteiger partial charge is 0.156 e. The third kappa shape index (κ3) is 1.80. The molecule has 1 heteroatoms. The molecule has 4 aliphatic carbocycles. The van der Waals surface area contributed by atoms with E-state index >= 15 is 0 Å². The Kier molecular flexibility index (Phi) is 3.23. The predicted molar refractivity (Wildman–Crippen MR) is 90.5 cm³/mol. The van der Waals surface area contributed by atoms with Crippen LogP contribution in [-0.4, -0.2) is 5.78 Å². The van der Waals surface area contributed by atoms with Gasteiger partial charge in [0.25, 0.3) is 0 Å². The maximum absolute atomic E-state index is 12.1. The van der Waals surface area contributed by atoms with Crippen molar-refractivity contribution in [2.75, 3.05) is 0 Å². The second-order valence-electron chi connectivity index (χ2n) is 8.83. The summed E-state index contributed by atoms with van der Waals surface area (Å²) in [4.78, 5) is 12.1. The first kappa shape index (κ1) is 14.7. The normalized spacial score (nSPS) is 47.0. The lowest BCUT2D eigenvalue weighted by molar-refractivity contribution is -0.115. The van der Waals surface area contributed by atoms with Crippen LogP contribution in [-0.2, 0) is 4.79 Å². The van der Waals surface area contributed by atoms with Crippen LogP contribution in [0.25, 0.3) is 0 Å². The van der Waals surface area contributed by atoms with Crippen molar-refractivity contribution in [2.45, 2.75) is 72.1 Å². The van der Waals surface area contributed by atoms with E-state index in [2.05, 4.69) is 26.0 Å². The first-order valence-corrected chi connectivity index (χ1v) is 9.38. The molecule has 22 heavy (non-hydrogen) atoms. The van der Waals surface area contributed by atoms with Crippen molar-refractivity contribution in [1.82, 2.24) is 0 Å². The molecule has 0 heterocycles. The van der Waals surface area contributed by atoms with Crippen molar-refractivity contribution in [3.05, 3.63) is 23.3 Å². The zero-order valence-electron chi connectivity index (χ0n) is 14.5. The van der Waals surface area contributed by atoms with Crippen molar-refractivity contribution in [3.63, 3.8) is 0 Å². The zero-order chi connectivity index (χ0) is 15.5. The van der Waals surface area contributed by atoms with Crippen LogP contribution in [0, 0.1) is 28.6 Å². The lowest BCUT2D eigenvalue weighted by Gasteiger charge is -2.57. The summed E-state index contributed by atoms with van der Waals surface area (Å²) in [5.41, 5.74) is 3.58.